The van der Waals surface area contributed by atoms with Gasteiger partial charge in [0.2, 0.25) is 11.8 Å². The highest BCUT2D eigenvalue weighted by Gasteiger charge is 2.28. The van der Waals surface area contributed by atoms with Crippen LogP contribution in [0.15, 0.2) is 90.9 Å². The zero-order valence-electron chi connectivity index (χ0n) is 33.0. The van der Waals surface area contributed by atoms with Gasteiger partial charge < -0.3 is 10.2 Å². The number of rotatable bonds is 10. The van der Waals surface area contributed by atoms with Crippen LogP contribution in [0.4, 0.5) is 5.69 Å². The number of hydrogen-bond donors (Lipinski definition) is 5. The minimum absolute atomic E-state index is 0.167. The number of nitrogens with one attached hydrogen (secondary N) is 5. The molecule has 5 N–H and O–H groups in total. The van der Waals surface area contributed by atoms with E-state index in [0.717, 1.165) is 83.6 Å². The Labute approximate surface area is 332 Å². The average Bonchev–Trinajstić information content (AvgIpc) is 3.89. The van der Waals surface area contributed by atoms with Crippen LogP contribution in [0.3, 0.4) is 0 Å². The summed E-state index contributed by atoms with van der Waals surface area (Å²) in [5.74, 6) is -0.785. The van der Waals surface area contributed by atoms with Crippen molar-refractivity contribution in [2.24, 2.45) is 0 Å². The molecule has 2 fully saturated rings. The van der Waals surface area contributed by atoms with Crippen molar-refractivity contribution in [3.63, 3.8) is 0 Å². The minimum atomic E-state index is -0.241. The summed E-state index contributed by atoms with van der Waals surface area (Å²) < 4.78 is 0. The predicted molar refractivity (Wildman–Crippen MR) is 221 cm³/mol. The van der Waals surface area contributed by atoms with E-state index in [4.69, 9.17) is 0 Å². The average molecular weight is 767 g/mol. The predicted octanol–water partition coefficient (Wildman–Crippen LogP) is 5.07. The minimum Gasteiger partial charge on any atom is -0.369 e. The van der Waals surface area contributed by atoms with E-state index < -0.39 is 0 Å². The van der Waals surface area contributed by atoms with E-state index >= 15 is 0 Å². The second-order valence-corrected chi connectivity index (χ2v) is 16.2. The van der Waals surface area contributed by atoms with Crippen LogP contribution in [-0.2, 0) is 27.3 Å². The second kappa shape index (κ2) is 15.8. The molecule has 3 aliphatic heterocycles. The van der Waals surface area contributed by atoms with Gasteiger partial charge in [-0.15, -0.1) is 5.53 Å². The van der Waals surface area contributed by atoms with Crippen LogP contribution in [-0.4, -0.2) is 81.1 Å². The van der Waals surface area contributed by atoms with Gasteiger partial charge in [-0.05, 0) is 92.6 Å². The van der Waals surface area contributed by atoms with Crippen molar-refractivity contribution in [3.8, 4) is 22.4 Å². The van der Waals surface area contributed by atoms with Crippen molar-refractivity contribution in [1.82, 2.24) is 46.7 Å². The molecule has 294 valence electrons. The molecule has 0 saturated carbocycles. The van der Waals surface area contributed by atoms with Crippen LogP contribution in [0.1, 0.15) is 61.8 Å². The number of H-pyrrole nitrogens is 1. The number of carbonyl (C=O) groups excluding carboxylic acids is 3. The molecule has 13 nitrogen and oxygen atoms in total. The number of imide groups is 1. The zero-order chi connectivity index (χ0) is 39.7. The Morgan fingerprint density at radius 2 is 1.67 bits per heavy atom. The molecule has 8 rings (SSSR count). The standard InChI is InChI=1S/C44H50N10O3/c1-28-23-32(9-10-33(28)25-46-43(57)38-27-54(51-48-38)44(2,3)4)40-37-24-34(26-45-41(37)50-49-40)30-11-13-35(14-12-30)53-21-19-52(20-22-53)18-17-29-5-7-31(8-6-29)36-15-16-39(55)47-42(36)56/h5-14,23-24,26-27,36,48,51H,15-22,25H2,1-4H3,(H,46,57)(H,45,49,50)(H,47,55,56)/t36-/m1/s1. The summed E-state index contributed by atoms with van der Waals surface area (Å²) >= 11 is 0. The summed E-state index contributed by atoms with van der Waals surface area (Å²) in [4.78, 5) is 46.2. The number of aryl methyl sites for hydroxylation is 1. The maximum Gasteiger partial charge on any atom is 0.270 e. The van der Waals surface area contributed by atoms with E-state index in [0.29, 0.717) is 30.7 Å². The van der Waals surface area contributed by atoms with Gasteiger partial charge in [0.15, 0.2) is 5.65 Å². The summed E-state index contributed by atoms with van der Waals surface area (Å²) in [6.07, 6.45) is 5.59. The highest BCUT2D eigenvalue weighted by molar-refractivity contribution is 6.01. The maximum atomic E-state index is 12.8. The molecular weight excluding hydrogens is 717 g/mol. The Morgan fingerprint density at radius 3 is 2.37 bits per heavy atom. The fourth-order valence-electron chi connectivity index (χ4n) is 7.70. The summed E-state index contributed by atoms with van der Waals surface area (Å²) in [6.45, 7) is 13.6. The zero-order valence-corrected chi connectivity index (χ0v) is 33.0. The van der Waals surface area contributed by atoms with Crippen LogP contribution in [0, 0.1) is 6.92 Å². The lowest BCUT2D eigenvalue weighted by atomic mass is 9.90. The van der Waals surface area contributed by atoms with E-state index in [1.54, 1.807) is 6.20 Å². The Bertz CT molecular complexity index is 2320. The summed E-state index contributed by atoms with van der Waals surface area (Å²) in [5.41, 5.74) is 16.5. The van der Waals surface area contributed by atoms with Crippen molar-refractivity contribution >= 4 is 34.4 Å². The second-order valence-electron chi connectivity index (χ2n) is 16.2. The van der Waals surface area contributed by atoms with E-state index in [9.17, 15) is 14.4 Å². The molecule has 2 saturated heterocycles. The largest absolute Gasteiger partial charge is 0.369 e. The molecule has 5 aromatic rings. The van der Waals surface area contributed by atoms with Gasteiger partial charge >= 0.3 is 0 Å². The molecule has 0 bridgehead atoms. The normalized spacial score (nSPS) is 17.8. The van der Waals surface area contributed by atoms with E-state index in [1.165, 1.54) is 11.3 Å². The van der Waals surface area contributed by atoms with Crippen molar-refractivity contribution < 1.29 is 14.4 Å². The molecule has 57 heavy (non-hydrogen) atoms. The first-order valence-electron chi connectivity index (χ1n) is 19.7. The van der Waals surface area contributed by atoms with Gasteiger partial charge in [-0.3, -0.25) is 40.1 Å². The maximum absolute atomic E-state index is 12.8. The number of amides is 3. The molecule has 2 aromatic heterocycles. The lowest BCUT2D eigenvalue weighted by Crippen LogP contribution is -2.47. The summed E-state index contributed by atoms with van der Waals surface area (Å²) in [5, 5.41) is 16.0. The molecule has 1 atom stereocenters. The fourth-order valence-corrected chi connectivity index (χ4v) is 7.70. The molecule has 3 aromatic carbocycles. The SMILES string of the molecule is Cc1cc(-c2[nH]nc3ncc(-c4ccc(N5CCN(CCc6ccc([C@H]7CCC(=O)NC7=O)cc6)CC5)cc4)cc23)ccc1CNC(=O)C1=CN(C(C)(C)C)NN1. The third-order valence-electron chi connectivity index (χ3n) is 11.3. The van der Waals surface area contributed by atoms with Gasteiger partial charge in [0, 0.05) is 85.8 Å². The van der Waals surface area contributed by atoms with Gasteiger partial charge in [-0.2, -0.15) is 5.10 Å². The lowest BCUT2D eigenvalue weighted by Gasteiger charge is -2.36. The first-order valence-corrected chi connectivity index (χ1v) is 19.7. The number of piperidine rings is 1. The molecule has 0 aliphatic carbocycles. The van der Waals surface area contributed by atoms with Crippen molar-refractivity contribution in [2.75, 3.05) is 37.6 Å². The van der Waals surface area contributed by atoms with E-state index in [1.807, 2.05) is 23.3 Å². The number of pyridine rings is 1. The number of anilines is 1. The molecule has 3 amide bonds. The monoisotopic (exact) mass is 766 g/mol. The first kappa shape index (κ1) is 37.9. The Kier molecular flexibility index (Phi) is 10.5. The number of hydrogen-bond acceptors (Lipinski definition) is 10. The fraction of sp³-hybridized carbons (Fsp3) is 0.341. The Hall–Kier alpha value is -6.05. The summed E-state index contributed by atoms with van der Waals surface area (Å²) in [7, 11) is 0. The number of benzene rings is 3. The molecule has 0 radical (unpaired) electrons. The smallest absolute Gasteiger partial charge is 0.270 e. The van der Waals surface area contributed by atoms with E-state index in [2.05, 4.69) is 135 Å². The Morgan fingerprint density at radius 1 is 0.912 bits per heavy atom. The number of aromatic amines is 1. The number of hydrazine groups is 2. The van der Waals surface area contributed by atoms with Crippen LogP contribution in [0.2, 0.25) is 0 Å². The van der Waals surface area contributed by atoms with Gasteiger partial charge in [-0.25, -0.2) is 4.98 Å². The van der Waals surface area contributed by atoms with Gasteiger partial charge in [0.25, 0.3) is 5.91 Å². The number of fused-ring (bicyclic) bond motifs is 1. The van der Waals surface area contributed by atoms with Crippen LogP contribution < -0.4 is 26.5 Å². The number of piperazine rings is 1. The Balaban J connectivity index is 0.850. The van der Waals surface area contributed by atoms with Gasteiger partial charge in [0.1, 0.15) is 5.70 Å². The van der Waals surface area contributed by atoms with Gasteiger partial charge in [-0.1, -0.05) is 48.5 Å². The molecule has 13 heteroatoms. The first-order chi connectivity index (χ1) is 27.5. The molecule has 0 unspecified atom stereocenters. The number of aromatic nitrogens is 3. The van der Waals surface area contributed by atoms with Crippen LogP contribution in [0.5, 0.6) is 0 Å². The number of carbonyl (C=O) groups is 3. The number of nitrogens with zero attached hydrogens (tertiary/aromatic N) is 5. The molecule has 3 aliphatic rings. The topological polar surface area (TPSA) is 151 Å². The van der Waals surface area contributed by atoms with Gasteiger partial charge in [0.05, 0.1) is 11.6 Å². The third-order valence-corrected chi connectivity index (χ3v) is 11.3. The van der Waals surface area contributed by atoms with Crippen molar-refractivity contribution in [1.29, 1.82) is 0 Å². The van der Waals surface area contributed by atoms with Crippen LogP contribution in [0.25, 0.3) is 33.4 Å². The molecular formula is C44H50N10O3. The van der Waals surface area contributed by atoms with Crippen molar-refractivity contribution in [2.45, 2.75) is 65.0 Å². The summed E-state index contributed by atoms with van der Waals surface area (Å²) in [6, 6.07) is 25.4. The third kappa shape index (κ3) is 8.40. The molecule has 5 heterocycles. The lowest BCUT2D eigenvalue weighted by molar-refractivity contribution is -0.134. The van der Waals surface area contributed by atoms with Crippen LogP contribution >= 0.6 is 0 Å². The highest BCUT2D eigenvalue weighted by atomic mass is 16.2. The van der Waals surface area contributed by atoms with Crippen molar-refractivity contribution in [3.05, 3.63) is 113 Å². The van der Waals surface area contributed by atoms with E-state index in [-0.39, 0.29) is 29.2 Å². The molecule has 0 spiro atoms. The highest BCUT2D eigenvalue weighted by Crippen LogP contribution is 2.32. The quantitative estimate of drug-likeness (QED) is 0.122.